The van der Waals surface area contributed by atoms with Crippen molar-refractivity contribution < 1.29 is 4.74 Å². The van der Waals surface area contributed by atoms with Gasteiger partial charge >= 0.3 is 0 Å². The van der Waals surface area contributed by atoms with Gasteiger partial charge in [-0.2, -0.15) is 0 Å². The first-order chi connectivity index (χ1) is 10.3. The highest BCUT2D eigenvalue weighted by molar-refractivity contribution is 5.44. The fourth-order valence-corrected chi connectivity index (χ4v) is 2.32. The number of ether oxygens (including phenoxy) is 1. The van der Waals surface area contributed by atoms with E-state index in [0.717, 1.165) is 12.1 Å². The van der Waals surface area contributed by atoms with Crippen LogP contribution in [0.1, 0.15) is 44.7 Å². The number of anilines is 1. The normalized spacial score (nSPS) is 11.9. The number of unbranched alkanes of at least 4 members (excludes halogenated alkanes) is 1. The summed E-state index contributed by atoms with van der Waals surface area (Å²) < 4.78 is 5.38. The molecule has 0 aliphatic rings. The molecule has 2 aromatic rings. The van der Waals surface area contributed by atoms with Crippen LogP contribution in [0.15, 0.2) is 48.7 Å². The Balaban J connectivity index is 2.07. The first-order valence-corrected chi connectivity index (χ1v) is 7.73. The average Bonchev–Trinajstić information content (AvgIpc) is 2.54. The number of benzene rings is 1. The molecule has 21 heavy (non-hydrogen) atoms. The quantitative estimate of drug-likeness (QED) is 0.754. The average molecular weight is 284 g/mol. The molecule has 0 aliphatic carbocycles. The van der Waals surface area contributed by atoms with E-state index in [1.54, 1.807) is 0 Å². The van der Waals surface area contributed by atoms with Gasteiger partial charge < -0.3 is 10.1 Å². The molecule has 1 heterocycles. The molecule has 1 N–H and O–H groups in total. The summed E-state index contributed by atoms with van der Waals surface area (Å²) in [6.07, 6.45) is 5.37. The topological polar surface area (TPSA) is 34.1 Å². The molecule has 112 valence electrons. The van der Waals surface area contributed by atoms with Gasteiger partial charge in [-0.1, -0.05) is 50.1 Å². The second kappa shape index (κ2) is 8.30. The minimum Gasteiger partial charge on any atom is -0.478 e. The SMILES string of the molecule is CCCCC(Nc1ccc(OCC)nc1)c1ccccc1. The molecular formula is C18H24N2O. The standard InChI is InChI=1S/C18H24N2O/c1-3-5-11-17(15-9-7-6-8-10-15)20-16-12-13-18(19-14-16)21-4-2/h6-10,12-14,17,20H,3-5,11H2,1-2H3. The molecule has 0 aliphatic heterocycles. The second-order valence-corrected chi connectivity index (χ2v) is 5.07. The number of nitrogens with zero attached hydrogens (tertiary/aromatic N) is 1. The molecule has 1 unspecified atom stereocenters. The third kappa shape index (κ3) is 4.78. The first kappa shape index (κ1) is 15.4. The van der Waals surface area contributed by atoms with Crippen LogP contribution in [0.3, 0.4) is 0 Å². The van der Waals surface area contributed by atoms with Crippen molar-refractivity contribution in [2.45, 2.75) is 39.2 Å². The number of nitrogens with one attached hydrogen (secondary N) is 1. The maximum Gasteiger partial charge on any atom is 0.213 e. The zero-order valence-electron chi connectivity index (χ0n) is 12.9. The maximum absolute atomic E-state index is 5.38. The van der Waals surface area contributed by atoms with Gasteiger partial charge in [-0.05, 0) is 25.0 Å². The number of hydrogen-bond donors (Lipinski definition) is 1. The summed E-state index contributed by atoms with van der Waals surface area (Å²) in [5, 5.41) is 3.58. The van der Waals surface area contributed by atoms with Crippen LogP contribution in [0, 0.1) is 0 Å². The van der Waals surface area contributed by atoms with Crippen molar-refractivity contribution >= 4 is 5.69 Å². The fraction of sp³-hybridized carbons (Fsp3) is 0.389. The molecule has 0 spiro atoms. The van der Waals surface area contributed by atoms with Crippen molar-refractivity contribution in [1.29, 1.82) is 0 Å². The van der Waals surface area contributed by atoms with Crippen LogP contribution in [0.25, 0.3) is 0 Å². The lowest BCUT2D eigenvalue weighted by Gasteiger charge is -2.20. The predicted octanol–water partition coefficient (Wildman–Crippen LogP) is 4.82. The van der Waals surface area contributed by atoms with Gasteiger partial charge in [0.15, 0.2) is 0 Å². The van der Waals surface area contributed by atoms with Crippen LogP contribution in [-0.4, -0.2) is 11.6 Å². The highest BCUT2D eigenvalue weighted by Crippen LogP contribution is 2.24. The van der Waals surface area contributed by atoms with Gasteiger partial charge in [0.1, 0.15) is 0 Å². The van der Waals surface area contributed by atoms with E-state index in [4.69, 9.17) is 4.74 Å². The lowest BCUT2D eigenvalue weighted by Crippen LogP contribution is -2.11. The second-order valence-electron chi connectivity index (χ2n) is 5.07. The summed E-state index contributed by atoms with van der Waals surface area (Å²) in [6, 6.07) is 14.8. The lowest BCUT2D eigenvalue weighted by molar-refractivity contribution is 0.327. The smallest absolute Gasteiger partial charge is 0.213 e. The summed E-state index contributed by atoms with van der Waals surface area (Å²) in [7, 11) is 0. The van der Waals surface area contributed by atoms with Gasteiger partial charge in [-0.15, -0.1) is 0 Å². The molecular weight excluding hydrogens is 260 g/mol. The zero-order chi connectivity index (χ0) is 14.9. The van der Waals surface area contributed by atoms with Crippen molar-refractivity contribution in [3.8, 4) is 5.88 Å². The molecule has 1 aromatic carbocycles. The van der Waals surface area contributed by atoms with E-state index in [1.807, 2.05) is 25.3 Å². The van der Waals surface area contributed by atoms with Crippen LogP contribution in [0.2, 0.25) is 0 Å². The molecule has 0 saturated carbocycles. The molecule has 0 bridgehead atoms. The monoisotopic (exact) mass is 284 g/mol. The van der Waals surface area contributed by atoms with Gasteiger partial charge in [-0.25, -0.2) is 4.98 Å². The highest BCUT2D eigenvalue weighted by atomic mass is 16.5. The molecule has 0 fully saturated rings. The Morgan fingerprint density at radius 2 is 1.90 bits per heavy atom. The van der Waals surface area contributed by atoms with E-state index in [1.165, 1.54) is 18.4 Å². The number of rotatable bonds is 8. The van der Waals surface area contributed by atoms with Gasteiger partial charge in [0.05, 0.1) is 24.5 Å². The Morgan fingerprint density at radius 1 is 1.10 bits per heavy atom. The minimum absolute atomic E-state index is 0.325. The molecule has 0 amide bonds. The number of hydrogen-bond acceptors (Lipinski definition) is 3. The predicted molar refractivity (Wildman–Crippen MR) is 87.7 cm³/mol. The minimum atomic E-state index is 0.325. The Labute approximate surface area is 127 Å². The number of aromatic nitrogens is 1. The van der Waals surface area contributed by atoms with Crippen LogP contribution >= 0.6 is 0 Å². The molecule has 2 rings (SSSR count). The van der Waals surface area contributed by atoms with Gasteiger partial charge in [0.2, 0.25) is 5.88 Å². The highest BCUT2D eigenvalue weighted by Gasteiger charge is 2.10. The first-order valence-electron chi connectivity index (χ1n) is 7.73. The summed E-state index contributed by atoms with van der Waals surface area (Å²) in [5.74, 6) is 0.674. The van der Waals surface area contributed by atoms with Gasteiger partial charge in [0, 0.05) is 6.07 Å². The van der Waals surface area contributed by atoms with Crippen LogP contribution in [0.5, 0.6) is 5.88 Å². The Bertz CT molecular complexity index is 511. The van der Waals surface area contributed by atoms with Crippen molar-refractivity contribution in [2.24, 2.45) is 0 Å². The van der Waals surface area contributed by atoms with Gasteiger partial charge in [-0.3, -0.25) is 0 Å². The van der Waals surface area contributed by atoms with Gasteiger partial charge in [0.25, 0.3) is 0 Å². The van der Waals surface area contributed by atoms with Crippen LogP contribution in [0.4, 0.5) is 5.69 Å². The van der Waals surface area contributed by atoms with E-state index < -0.39 is 0 Å². The van der Waals surface area contributed by atoms with Crippen molar-refractivity contribution in [3.63, 3.8) is 0 Å². The van der Waals surface area contributed by atoms with E-state index in [0.29, 0.717) is 18.5 Å². The zero-order valence-corrected chi connectivity index (χ0v) is 12.9. The van der Waals surface area contributed by atoms with E-state index in [9.17, 15) is 0 Å². The molecule has 1 aromatic heterocycles. The van der Waals surface area contributed by atoms with Crippen LogP contribution < -0.4 is 10.1 Å². The molecule has 3 nitrogen and oxygen atoms in total. The summed E-state index contributed by atoms with van der Waals surface area (Å²) in [4.78, 5) is 4.31. The Kier molecular flexibility index (Phi) is 6.07. The maximum atomic E-state index is 5.38. The molecule has 0 radical (unpaired) electrons. The Morgan fingerprint density at radius 3 is 2.52 bits per heavy atom. The molecule has 1 atom stereocenters. The summed E-state index contributed by atoms with van der Waals surface area (Å²) in [5.41, 5.74) is 2.35. The summed E-state index contributed by atoms with van der Waals surface area (Å²) in [6.45, 7) is 4.83. The van der Waals surface area contributed by atoms with E-state index >= 15 is 0 Å². The largest absolute Gasteiger partial charge is 0.478 e. The van der Waals surface area contributed by atoms with E-state index in [-0.39, 0.29) is 0 Å². The van der Waals surface area contributed by atoms with Crippen LogP contribution in [-0.2, 0) is 0 Å². The van der Waals surface area contributed by atoms with Crippen molar-refractivity contribution in [3.05, 3.63) is 54.2 Å². The molecule has 0 saturated heterocycles. The summed E-state index contributed by atoms with van der Waals surface area (Å²) >= 11 is 0. The van der Waals surface area contributed by atoms with E-state index in [2.05, 4.69) is 47.6 Å². The Hall–Kier alpha value is -2.03. The molecule has 3 heteroatoms. The lowest BCUT2D eigenvalue weighted by atomic mass is 10.0. The third-order valence-electron chi connectivity index (χ3n) is 3.42. The fourth-order valence-electron chi connectivity index (χ4n) is 2.32. The van der Waals surface area contributed by atoms with Crippen molar-refractivity contribution in [2.75, 3.05) is 11.9 Å². The van der Waals surface area contributed by atoms with Crippen molar-refractivity contribution in [1.82, 2.24) is 4.98 Å². The third-order valence-corrected chi connectivity index (χ3v) is 3.42. The number of pyridine rings is 1.